The molecule has 0 unspecified atom stereocenters. The first-order valence-corrected chi connectivity index (χ1v) is 9.86. The average Bonchev–Trinajstić information content (AvgIpc) is 3.33. The van der Waals surface area contributed by atoms with E-state index >= 15 is 0 Å². The number of hydrogen-bond donors (Lipinski definition) is 1. The molecule has 8 heteroatoms. The lowest BCUT2D eigenvalue weighted by molar-refractivity contribution is 0.360. The zero-order valence-electron chi connectivity index (χ0n) is 15.6. The van der Waals surface area contributed by atoms with Crippen molar-refractivity contribution in [3.8, 4) is 5.69 Å². The second-order valence-electron chi connectivity index (χ2n) is 7.54. The Balaban J connectivity index is 1.57. The van der Waals surface area contributed by atoms with Gasteiger partial charge in [-0.1, -0.05) is 0 Å². The highest BCUT2D eigenvalue weighted by atomic mass is 19.1. The lowest BCUT2D eigenvalue weighted by Gasteiger charge is -2.23. The second kappa shape index (κ2) is 7.01. The summed E-state index contributed by atoms with van der Waals surface area (Å²) in [6, 6.07) is 5.80. The molecular formula is C20H23FN6O. The van der Waals surface area contributed by atoms with Crippen LogP contribution in [0.4, 0.5) is 10.2 Å². The molecule has 2 fully saturated rings. The molecule has 0 amide bonds. The molecule has 5 rings (SSSR count). The van der Waals surface area contributed by atoms with E-state index in [4.69, 9.17) is 4.98 Å². The molecule has 2 aliphatic heterocycles. The lowest BCUT2D eigenvalue weighted by Crippen LogP contribution is -2.34. The summed E-state index contributed by atoms with van der Waals surface area (Å²) >= 11 is 0. The Morgan fingerprint density at radius 3 is 2.75 bits per heavy atom. The molecule has 0 radical (unpaired) electrons. The number of nitrogens with zero attached hydrogens (tertiary/aromatic N) is 5. The number of imidazole rings is 1. The van der Waals surface area contributed by atoms with Crippen molar-refractivity contribution < 1.29 is 4.39 Å². The number of aromatic nitrogens is 4. The molecule has 3 aromatic heterocycles. The topological polar surface area (TPSA) is 68.0 Å². The minimum absolute atomic E-state index is 0.0587. The number of alkyl halides is 1. The van der Waals surface area contributed by atoms with Crippen LogP contribution in [0.5, 0.6) is 0 Å². The SMILES string of the molecule is O=c1n(-c2ccnc3ccc(N4CC[C@H](F)C4)nc23)ccn1C1CCNCC1. The molecule has 1 atom stereocenters. The lowest BCUT2D eigenvalue weighted by atomic mass is 10.1. The summed E-state index contributed by atoms with van der Waals surface area (Å²) in [6.45, 7) is 2.87. The third-order valence-corrected chi connectivity index (χ3v) is 5.77. The van der Waals surface area contributed by atoms with Gasteiger partial charge in [0.2, 0.25) is 0 Å². The van der Waals surface area contributed by atoms with Gasteiger partial charge in [0.05, 0.1) is 17.7 Å². The van der Waals surface area contributed by atoms with Crippen molar-refractivity contribution >= 4 is 16.9 Å². The van der Waals surface area contributed by atoms with Gasteiger partial charge in [0.15, 0.2) is 0 Å². The zero-order chi connectivity index (χ0) is 19.1. The van der Waals surface area contributed by atoms with Crippen molar-refractivity contribution in [2.24, 2.45) is 0 Å². The summed E-state index contributed by atoms with van der Waals surface area (Å²) in [6.07, 6.45) is 6.97. The van der Waals surface area contributed by atoms with Crippen LogP contribution in [0.3, 0.4) is 0 Å². The summed E-state index contributed by atoms with van der Waals surface area (Å²) in [5, 5.41) is 3.33. The third kappa shape index (κ3) is 2.97. The third-order valence-electron chi connectivity index (χ3n) is 5.77. The van der Waals surface area contributed by atoms with Crippen LogP contribution >= 0.6 is 0 Å². The fourth-order valence-electron chi connectivity index (χ4n) is 4.23. The van der Waals surface area contributed by atoms with Crippen LogP contribution in [0.1, 0.15) is 25.3 Å². The highest BCUT2D eigenvalue weighted by molar-refractivity contribution is 5.84. The largest absolute Gasteiger partial charge is 0.354 e. The van der Waals surface area contributed by atoms with Crippen LogP contribution in [-0.2, 0) is 0 Å². The van der Waals surface area contributed by atoms with Crippen molar-refractivity contribution in [2.75, 3.05) is 31.1 Å². The zero-order valence-corrected chi connectivity index (χ0v) is 15.6. The number of halogens is 1. The van der Waals surface area contributed by atoms with Crippen molar-refractivity contribution in [1.82, 2.24) is 24.4 Å². The van der Waals surface area contributed by atoms with Gasteiger partial charge >= 0.3 is 5.69 Å². The van der Waals surface area contributed by atoms with E-state index in [0.717, 1.165) is 37.3 Å². The minimum atomic E-state index is -0.812. The number of anilines is 1. The van der Waals surface area contributed by atoms with E-state index in [0.29, 0.717) is 30.7 Å². The average molecular weight is 382 g/mol. The molecule has 0 aromatic carbocycles. The second-order valence-corrected chi connectivity index (χ2v) is 7.54. The van der Waals surface area contributed by atoms with Gasteiger partial charge < -0.3 is 10.2 Å². The number of nitrogens with one attached hydrogen (secondary N) is 1. The molecule has 28 heavy (non-hydrogen) atoms. The van der Waals surface area contributed by atoms with Gasteiger partial charge in [-0.3, -0.25) is 14.1 Å². The van der Waals surface area contributed by atoms with Gasteiger partial charge in [-0.15, -0.1) is 0 Å². The van der Waals surface area contributed by atoms with Gasteiger partial charge in [-0.05, 0) is 50.6 Å². The van der Waals surface area contributed by atoms with Crippen molar-refractivity contribution in [1.29, 1.82) is 0 Å². The maximum absolute atomic E-state index is 13.6. The van der Waals surface area contributed by atoms with E-state index < -0.39 is 6.17 Å². The number of piperidine rings is 1. The molecular weight excluding hydrogens is 359 g/mol. The monoisotopic (exact) mass is 382 g/mol. The fourth-order valence-corrected chi connectivity index (χ4v) is 4.23. The predicted molar refractivity (Wildman–Crippen MR) is 106 cm³/mol. The molecule has 2 saturated heterocycles. The number of hydrogen-bond acceptors (Lipinski definition) is 5. The van der Waals surface area contributed by atoms with Crippen molar-refractivity contribution in [3.05, 3.63) is 47.3 Å². The van der Waals surface area contributed by atoms with Crippen molar-refractivity contribution in [2.45, 2.75) is 31.5 Å². The van der Waals surface area contributed by atoms with Gasteiger partial charge in [0.1, 0.15) is 17.5 Å². The van der Waals surface area contributed by atoms with E-state index in [-0.39, 0.29) is 11.7 Å². The highest BCUT2D eigenvalue weighted by Crippen LogP contribution is 2.25. The molecule has 0 spiro atoms. The Hall–Kier alpha value is -2.74. The summed E-state index contributed by atoms with van der Waals surface area (Å²) in [7, 11) is 0. The van der Waals surface area contributed by atoms with Gasteiger partial charge in [0.25, 0.3) is 0 Å². The van der Waals surface area contributed by atoms with E-state index in [1.807, 2.05) is 33.9 Å². The van der Waals surface area contributed by atoms with Crippen LogP contribution in [0, 0.1) is 0 Å². The summed E-state index contributed by atoms with van der Waals surface area (Å²) in [5.74, 6) is 0.729. The van der Waals surface area contributed by atoms with Gasteiger partial charge in [0, 0.05) is 31.2 Å². The van der Waals surface area contributed by atoms with Gasteiger partial charge in [-0.25, -0.2) is 14.2 Å². The minimum Gasteiger partial charge on any atom is -0.354 e. The molecule has 5 heterocycles. The molecule has 0 aliphatic carbocycles. The summed E-state index contributed by atoms with van der Waals surface area (Å²) in [4.78, 5) is 24.2. The van der Waals surface area contributed by atoms with E-state index in [1.54, 1.807) is 17.0 Å². The Kier molecular flexibility index (Phi) is 4.35. The molecule has 146 valence electrons. The quantitative estimate of drug-likeness (QED) is 0.751. The number of fused-ring (bicyclic) bond motifs is 1. The van der Waals surface area contributed by atoms with E-state index in [2.05, 4.69) is 10.3 Å². The molecule has 3 aromatic rings. The van der Waals surface area contributed by atoms with Crippen LogP contribution in [0.25, 0.3) is 16.7 Å². The van der Waals surface area contributed by atoms with Gasteiger partial charge in [-0.2, -0.15) is 0 Å². The fraction of sp³-hybridized carbons (Fsp3) is 0.450. The maximum Gasteiger partial charge on any atom is 0.333 e. The number of pyridine rings is 2. The summed E-state index contributed by atoms with van der Waals surface area (Å²) in [5.41, 5.74) is 2.03. The Morgan fingerprint density at radius 1 is 1.11 bits per heavy atom. The van der Waals surface area contributed by atoms with Crippen LogP contribution in [0.2, 0.25) is 0 Å². The Labute approximate surface area is 161 Å². The Morgan fingerprint density at radius 2 is 1.96 bits per heavy atom. The first-order valence-electron chi connectivity index (χ1n) is 9.86. The highest BCUT2D eigenvalue weighted by Gasteiger charge is 2.24. The number of rotatable bonds is 3. The normalized spacial score (nSPS) is 20.9. The standard InChI is InChI=1S/C20H23FN6O/c21-14-6-10-25(13-14)18-2-1-16-19(24-18)17(5-9-23-16)27-12-11-26(20(27)28)15-3-7-22-8-4-15/h1-2,5,9,11-12,14-15,22H,3-4,6-8,10,13H2/t14-/m0/s1. The van der Waals surface area contributed by atoms with E-state index in [1.165, 1.54) is 0 Å². The smallest absolute Gasteiger partial charge is 0.333 e. The first kappa shape index (κ1) is 17.4. The Bertz CT molecular complexity index is 1050. The van der Waals surface area contributed by atoms with Crippen LogP contribution in [-0.4, -0.2) is 51.5 Å². The van der Waals surface area contributed by atoms with E-state index in [9.17, 15) is 9.18 Å². The molecule has 0 saturated carbocycles. The van der Waals surface area contributed by atoms with Crippen LogP contribution < -0.4 is 15.9 Å². The first-order chi connectivity index (χ1) is 13.7. The predicted octanol–water partition coefficient (Wildman–Crippen LogP) is 2.05. The summed E-state index contributed by atoms with van der Waals surface area (Å²) < 4.78 is 17.1. The maximum atomic E-state index is 13.6. The van der Waals surface area contributed by atoms with Crippen molar-refractivity contribution in [3.63, 3.8) is 0 Å². The molecule has 2 aliphatic rings. The van der Waals surface area contributed by atoms with Crippen LogP contribution in [0.15, 0.2) is 41.6 Å². The molecule has 0 bridgehead atoms. The molecule has 1 N–H and O–H groups in total. The molecule has 7 nitrogen and oxygen atoms in total.